The number of carboxylic acid groups (broad SMARTS) is 1. The van der Waals surface area contributed by atoms with Gasteiger partial charge in [0.05, 0.1) is 6.04 Å². The molecule has 1 aromatic heterocycles. The van der Waals surface area contributed by atoms with Crippen LogP contribution < -0.4 is 27.4 Å². The molecule has 43 heavy (non-hydrogen) atoms. The number of aromatic nitrogens is 1. The number of aromatic amines is 1. The average Bonchev–Trinajstić information content (AvgIpc) is 3.38. The van der Waals surface area contributed by atoms with E-state index in [1.165, 1.54) is 0 Å². The van der Waals surface area contributed by atoms with E-state index in [4.69, 9.17) is 11.5 Å². The number of benzene rings is 2. The number of rotatable bonds is 17. The molecule has 0 bridgehead atoms. The van der Waals surface area contributed by atoms with Gasteiger partial charge in [0.15, 0.2) is 0 Å². The quantitative estimate of drug-likeness (QED) is 0.117. The summed E-state index contributed by atoms with van der Waals surface area (Å²) in [6, 6.07) is 12.5. The lowest BCUT2D eigenvalue weighted by Gasteiger charge is -2.25. The molecule has 3 amide bonds. The maximum absolute atomic E-state index is 13.6. The molecule has 0 fully saturated rings. The second-order valence-electron chi connectivity index (χ2n) is 11.3. The first-order chi connectivity index (χ1) is 20.6. The molecule has 2 aromatic carbocycles. The predicted molar refractivity (Wildman–Crippen MR) is 166 cm³/mol. The molecule has 0 saturated heterocycles. The van der Waals surface area contributed by atoms with Crippen LogP contribution in [-0.2, 0) is 32.0 Å². The van der Waals surface area contributed by atoms with E-state index in [1.54, 1.807) is 6.20 Å². The summed E-state index contributed by atoms with van der Waals surface area (Å²) in [7, 11) is 0. The number of H-pyrrole nitrogens is 1. The molecule has 1 heterocycles. The predicted octanol–water partition coefficient (Wildman–Crippen LogP) is 1.99. The van der Waals surface area contributed by atoms with E-state index < -0.39 is 47.9 Å². The number of hydrogen-bond donors (Lipinski definition) is 7. The van der Waals surface area contributed by atoms with Crippen molar-refractivity contribution in [2.24, 2.45) is 17.4 Å². The van der Waals surface area contributed by atoms with Gasteiger partial charge in [-0.25, -0.2) is 4.79 Å². The van der Waals surface area contributed by atoms with E-state index in [9.17, 15) is 24.3 Å². The summed E-state index contributed by atoms with van der Waals surface area (Å²) in [5.74, 6) is -2.66. The number of carbonyl (C=O) groups is 4. The van der Waals surface area contributed by atoms with E-state index in [0.717, 1.165) is 22.0 Å². The first-order valence-electron chi connectivity index (χ1n) is 14.8. The summed E-state index contributed by atoms with van der Waals surface area (Å²) in [4.78, 5) is 55.3. The van der Waals surface area contributed by atoms with Crippen molar-refractivity contribution >= 4 is 34.6 Å². The van der Waals surface area contributed by atoms with Gasteiger partial charge in [-0.3, -0.25) is 14.4 Å². The highest BCUT2D eigenvalue weighted by atomic mass is 16.4. The third-order valence-corrected chi connectivity index (χ3v) is 7.27. The smallest absolute Gasteiger partial charge is 0.326 e. The lowest BCUT2D eigenvalue weighted by molar-refractivity contribution is -0.142. The molecule has 0 aliphatic heterocycles. The van der Waals surface area contributed by atoms with E-state index in [2.05, 4.69) is 20.9 Å². The van der Waals surface area contributed by atoms with Crippen molar-refractivity contribution in [3.05, 3.63) is 71.9 Å². The Morgan fingerprint density at radius 3 is 2.12 bits per heavy atom. The minimum atomic E-state index is -1.24. The third-order valence-electron chi connectivity index (χ3n) is 7.27. The maximum atomic E-state index is 13.6. The van der Waals surface area contributed by atoms with Crippen LogP contribution in [0.1, 0.15) is 50.7 Å². The molecule has 9 N–H and O–H groups in total. The van der Waals surface area contributed by atoms with Crippen LogP contribution in [0.5, 0.6) is 0 Å². The van der Waals surface area contributed by atoms with Crippen LogP contribution in [0.4, 0.5) is 0 Å². The Morgan fingerprint density at radius 1 is 0.814 bits per heavy atom. The zero-order valence-electron chi connectivity index (χ0n) is 24.8. The second-order valence-corrected chi connectivity index (χ2v) is 11.3. The summed E-state index contributed by atoms with van der Waals surface area (Å²) in [5, 5.41) is 19.0. The van der Waals surface area contributed by atoms with Gasteiger partial charge < -0.3 is 37.5 Å². The molecule has 3 aromatic rings. The summed E-state index contributed by atoms with van der Waals surface area (Å²) in [5.41, 5.74) is 14.1. The molecule has 0 aliphatic rings. The number of nitrogens with two attached hydrogens (primary N) is 2. The number of para-hydroxylation sites is 1. The zero-order chi connectivity index (χ0) is 31.4. The highest BCUT2D eigenvalue weighted by Crippen LogP contribution is 2.19. The topological polar surface area (TPSA) is 192 Å². The number of aliphatic carboxylic acids is 1. The number of hydrogen-bond acceptors (Lipinski definition) is 6. The highest BCUT2D eigenvalue weighted by Gasteiger charge is 2.31. The molecule has 11 nitrogen and oxygen atoms in total. The second kappa shape index (κ2) is 16.4. The van der Waals surface area contributed by atoms with Crippen LogP contribution in [0.25, 0.3) is 10.9 Å². The number of nitrogens with one attached hydrogen (secondary N) is 4. The Balaban J connectivity index is 1.80. The van der Waals surface area contributed by atoms with Crippen LogP contribution in [0.2, 0.25) is 0 Å². The van der Waals surface area contributed by atoms with E-state index >= 15 is 0 Å². The Morgan fingerprint density at radius 2 is 1.44 bits per heavy atom. The van der Waals surface area contributed by atoms with Gasteiger partial charge in [0, 0.05) is 29.9 Å². The van der Waals surface area contributed by atoms with Gasteiger partial charge in [-0.15, -0.1) is 0 Å². The van der Waals surface area contributed by atoms with Gasteiger partial charge in [0.2, 0.25) is 17.7 Å². The first kappa shape index (κ1) is 33.3. The largest absolute Gasteiger partial charge is 0.480 e. The molecule has 0 saturated carbocycles. The number of carboxylic acids is 1. The summed E-state index contributed by atoms with van der Waals surface area (Å²) < 4.78 is 0. The lowest BCUT2D eigenvalue weighted by atomic mass is 10.0. The van der Waals surface area contributed by atoms with E-state index in [-0.39, 0.29) is 18.8 Å². The monoisotopic (exact) mass is 592 g/mol. The molecule has 232 valence electrons. The highest BCUT2D eigenvalue weighted by molar-refractivity contribution is 5.94. The molecular weight excluding hydrogens is 548 g/mol. The van der Waals surface area contributed by atoms with Gasteiger partial charge in [0.1, 0.15) is 18.1 Å². The van der Waals surface area contributed by atoms with Crippen molar-refractivity contribution in [2.75, 3.05) is 6.54 Å². The lowest BCUT2D eigenvalue weighted by Crippen LogP contribution is -2.57. The SMILES string of the molecule is CC(C)CC(N)C(=O)NC(CCCCN)C(=O)NC(Cc1ccccc1)C(=O)NC(Cc1c[nH]c2ccccc12)C(=O)O. The third kappa shape index (κ3) is 10.2. The van der Waals surface area contributed by atoms with Crippen molar-refractivity contribution in [2.45, 2.75) is 76.5 Å². The van der Waals surface area contributed by atoms with Crippen LogP contribution in [0.3, 0.4) is 0 Å². The maximum Gasteiger partial charge on any atom is 0.326 e. The fourth-order valence-electron chi connectivity index (χ4n) is 4.98. The molecule has 4 unspecified atom stereocenters. The van der Waals surface area contributed by atoms with Crippen molar-refractivity contribution < 1.29 is 24.3 Å². The van der Waals surface area contributed by atoms with Gasteiger partial charge in [-0.1, -0.05) is 62.4 Å². The Labute approximate surface area is 252 Å². The van der Waals surface area contributed by atoms with E-state index in [0.29, 0.717) is 32.2 Å². The van der Waals surface area contributed by atoms with Crippen LogP contribution in [0.15, 0.2) is 60.8 Å². The normalized spacial score (nSPS) is 14.1. The van der Waals surface area contributed by atoms with Crippen LogP contribution in [-0.4, -0.2) is 64.5 Å². The van der Waals surface area contributed by atoms with Gasteiger partial charge >= 0.3 is 5.97 Å². The Kier molecular flexibility index (Phi) is 12.7. The fraction of sp³-hybridized carbons (Fsp3) is 0.438. The molecule has 3 rings (SSSR count). The average molecular weight is 593 g/mol. The molecule has 0 aliphatic carbocycles. The van der Waals surface area contributed by atoms with Gasteiger partial charge in [-0.2, -0.15) is 0 Å². The van der Waals surface area contributed by atoms with Gasteiger partial charge in [-0.05, 0) is 55.3 Å². The van der Waals surface area contributed by atoms with Crippen LogP contribution in [0, 0.1) is 5.92 Å². The first-order valence-corrected chi connectivity index (χ1v) is 14.8. The number of fused-ring (bicyclic) bond motifs is 1. The minimum absolute atomic E-state index is 0.0442. The summed E-state index contributed by atoms with van der Waals surface area (Å²) >= 11 is 0. The standard InChI is InChI=1S/C32H44N6O5/c1-20(2)16-24(34)29(39)36-26(14-8-9-15-33)30(40)37-27(17-21-10-4-3-5-11-21)31(41)38-28(32(42)43)18-22-19-35-25-13-7-6-12-23(22)25/h3-7,10-13,19-20,24,26-28,35H,8-9,14-18,33-34H2,1-2H3,(H,36,39)(H,37,40)(H,38,41)(H,42,43). The Bertz CT molecular complexity index is 1360. The van der Waals surface area contributed by atoms with Crippen LogP contribution >= 0.6 is 0 Å². The molecular formula is C32H44N6O5. The van der Waals surface area contributed by atoms with Crippen molar-refractivity contribution in [1.29, 1.82) is 0 Å². The molecule has 0 spiro atoms. The van der Waals surface area contributed by atoms with E-state index in [1.807, 2.05) is 68.4 Å². The van der Waals surface area contributed by atoms with Gasteiger partial charge in [0.25, 0.3) is 0 Å². The van der Waals surface area contributed by atoms with Crippen molar-refractivity contribution in [3.63, 3.8) is 0 Å². The zero-order valence-corrected chi connectivity index (χ0v) is 24.8. The fourth-order valence-corrected chi connectivity index (χ4v) is 4.98. The molecule has 4 atom stereocenters. The van der Waals surface area contributed by atoms with Crippen molar-refractivity contribution in [1.82, 2.24) is 20.9 Å². The molecule has 11 heteroatoms. The number of unbranched alkanes of at least 4 members (excludes halogenated alkanes) is 1. The summed E-state index contributed by atoms with van der Waals surface area (Å²) in [6.45, 7) is 4.34. The number of amides is 3. The van der Waals surface area contributed by atoms with Crippen molar-refractivity contribution in [3.8, 4) is 0 Å². The number of carbonyl (C=O) groups excluding carboxylic acids is 3. The molecule has 0 radical (unpaired) electrons. The Hall–Kier alpha value is -4.22. The minimum Gasteiger partial charge on any atom is -0.480 e. The summed E-state index contributed by atoms with van der Waals surface area (Å²) in [6.07, 6.45) is 3.89.